The van der Waals surface area contributed by atoms with E-state index in [2.05, 4.69) is 16.0 Å². The normalized spacial score (nSPS) is 42.0. The van der Waals surface area contributed by atoms with Crippen LogP contribution in [0, 0.1) is 0 Å². The van der Waals surface area contributed by atoms with Crippen LogP contribution >= 0.6 is 0 Å². The number of ether oxygens (including phenoxy) is 8. The van der Waals surface area contributed by atoms with E-state index < -0.39 is 204 Å². The predicted molar refractivity (Wildman–Crippen MR) is 204 cm³/mol. The van der Waals surface area contributed by atoms with Crippen LogP contribution in [0.5, 0.6) is 0 Å². The third-order valence-electron chi connectivity index (χ3n) is 11.2. The fourth-order valence-corrected chi connectivity index (χ4v) is 7.75. The second-order valence-electron chi connectivity index (χ2n) is 16.0. The summed E-state index contributed by atoms with van der Waals surface area (Å²) >= 11 is 0. The maximum Gasteiger partial charge on any atom is 0.217 e. The first-order valence-electron chi connectivity index (χ1n) is 20.5. The van der Waals surface area contributed by atoms with Gasteiger partial charge in [-0.3, -0.25) is 14.4 Å². The molecular weight excluding hydrogens is 890 g/mol. The molecule has 0 radical (unpaired) electrons. The van der Waals surface area contributed by atoms with Crippen LogP contribution in [0.25, 0.3) is 0 Å². The second kappa shape index (κ2) is 24.7. The van der Waals surface area contributed by atoms with Gasteiger partial charge < -0.3 is 130 Å². The van der Waals surface area contributed by atoms with Gasteiger partial charge in [0.25, 0.3) is 0 Å². The lowest BCUT2D eigenvalue weighted by Crippen LogP contribution is -2.69. The number of amides is 3. The zero-order valence-corrected chi connectivity index (χ0v) is 35.3. The van der Waals surface area contributed by atoms with Crippen molar-refractivity contribution in [1.82, 2.24) is 16.0 Å². The number of rotatable bonds is 20. The average molecular weight is 954 g/mol. The van der Waals surface area contributed by atoms with E-state index in [0.29, 0.717) is 0 Å². The molecule has 0 saturated carbocycles. The fourth-order valence-electron chi connectivity index (χ4n) is 7.75. The first kappa shape index (κ1) is 55.1. The number of hydrogen-bond donors (Lipinski definition) is 18. The molecule has 18 N–H and O–H groups in total. The van der Waals surface area contributed by atoms with Crippen molar-refractivity contribution in [2.75, 3.05) is 39.6 Å². The van der Waals surface area contributed by atoms with Crippen LogP contribution in [0.15, 0.2) is 0 Å². The summed E-state index contributed by atoms with van der Waals surface area (Å²) in [7, 11) is 0. The van der Waals surface area contributed by atoms with Gasteiger partial charge in [0.05, 0.1) is 45.7 Å². The Balaban J connectivity index is 1.56. The van der Waals surface area contributed by atoms with Crippen molar-refractivity contribution in [2.45, 2.75) is 168 Å². The van der Waals surface area contributed by atoms with Crippen molar-refractivity contribution in [2.24, 2.45) is 0 Å². The van der Waals surface area contributed by atoms with Gasteiger partial charge in [0.1, 0.15) is 116 Å². The standard InChI is InChI=1S/C36H63N3O26/c1-10(45)37-13(4-40)30(63-34-20(39-12(3)47)25(53)32(18(8-44)62-34)65-36-29(57)27(55)23(51)16(6-42)60-36)21(49)14(48)9-58-33-19(38-11(2)46)24(52)31(17(7-43)61-33)64-35-28(56)26(54)22(50)15(5-41)59-35/h13-36,40-44,48-57H,4-9H2,1-3H3,(H,37,45)(H,38,46)(H,39,47)/t13-,14+,15+,16+,17+,18+,19+,20+,21-,22-,23-,24+,25+,26-,27-,28+,29+,30+,31+,32+,33+,34-,35-,36-/m0/s1. The highest BCUT2D eigenvalue weighted by atomic mass is 16.8. The molecule has 0 aromatic heterocycles. The molecule has 378 valence electrons. The Morgan fingerprint density at radius 2 is 0.923 bits per heavy atom. The predicted octanol–water partition coefficient (Wildman–Crippen LogP) is -11.9. The topological polar surface area (TPSA) is 465 Å². The van der Waals surface area contributed by atoms with E-state index in [1.54, 1.807) is 0 Å². The van der Waals surface area contributed by atoms with E-state index >= 15 is 0 Å². The Morgan fingerprint density at radius 3 is 1.31 bits per heavy atom. The van der Waals surface area contributed by atoms with Crippen molar-refractivity contribution in [3.05, 3.63) is 0 Å². The van der Waals surface area contributed by atoms with Gasteiger partial charge in [0.2, 0.25) is 17.7 Å². The van der Waals surface area contributed by atoms with E-state index in [9.17, 15) is 91.0 Å². The van der Waals surface area contributed by atoms with Gasteiger partial charge in [-0.15, -0.1) is 0 Å². The Hall–Kier alpha value is -2.51. The van der Waals surface area contributed by atoms with Crippen LogP contribution in [-0.4, -0.2) is 281 Å². The quantitative estimate of drug-likeness (QED) is 0.0539. The fraction of sp³-hybridized carbons (Fsp3) is 0.917. The van der Waals surface area contributed by atoms with Crippen LogP contribution in [0.4, 0.5) is 0 Å². The Labute approximate surface area is 369 Å². The number of hydrogen-bond acceptors (Lipinski definition) is 26. The summed E-state index contributed by atoms with van der Waals surface area (Å²) in [6.07, 6.45) is -38.4. The van der Waals surface area contributed by atoms with E-state index in [1.807, 2.05) is 0 Å². The Morgan fingerprint density at radius 1 is 0.523 bits per heavy atom. The molecular formula is C36H63N3O26. The van der Waals surface area contributed by atoms with Crippen molar-refractivity contribution >= 4 is 17.7 Å². The molecule has 0 bridgehead atoms. The molecule has 29 nitrogen and oxygen atoms in total. The molecule has 0 aromatic carbocycles. The molecule has 29 heteroatoms. The molecule has 4 aliphatic heterocycles. The largest absolute Gasteiger partial charge is 0.394 e. The van der Waals surface area contributed by atoms with Gasteiger partial charge in [-0.05, 0) is 0 Å². The van der Waals surface area contributed by atoms with E-state index in [0.717, 1.165) is 20.8 Å². The first-order valence-corrected chi connectivity index (χ1v) is 20.5. The monoisotopic (exact) mass is 953 g/mol. The highest BCUT2D eigenvalue weighted by molar-refractivity contribution is 5.74. The molecule has 65 heavy (non-hydrogen) atoms. The molecule has 0 aromatic rings. The average Bonchev–Trinajstić information content (AvgIpc) is 3.26. The van der Waals surface area contributed by atoms with Crippen molar-refractivity contribution in [3.63, 3.8) is 0 Å². The second-order valence-corrected chi connectivity index (χ2v) is 16.0. The molecule has 4 aliphatic rings. The highest BCUT2D eigenvalue weighted by Crippen LogP contribution is 2.33. The molecule has 4 rings (SSSR count). The summed E-state index contributed by atoms with van der Waals surface area (Å²) < 4.78 is 45.2. The molecule has 0 spiro atoms. The Bertz CT molecular complexity index is 1510. The smallest absolute Gasteiger partial charge is 0.217 e. The molecule has 4 heterocycles. The Kier molecular flexibility index (Phi) is 20.9. The summed E-state index contributed by atoms with van der Waals surface area (Å²) in [6, 6.07) is -4.96. The van der Waals surface area contributed by atoms with Crippen LogP contribution < -0.4 is 16.0 Å². The summed E-state index contributed by atoms with van der Waals surface area (Å²) in [5.74, 6) is -2.39. The minimum absolute atomic E-state index is 0.777. The van der Waals surface area contributed by atoms with Gasteiger partial charge in [-0.1, -0.05) is 0 Å². The summed E-state index contributed by atoms with van der Waals surface area (Å²) in [6.45, 7) is -2.51. The SMILES string of the molecule is CC(=O)N[C@H]1[C@H](OC[C@@H](O)[C@H](O)[C@H](O[C@@H]2O[C@H](CO)[C@@H](O[C@@H]3O[C@H](CO)[C@H](O)[C@H](O)[C@H]3O)[C@H](O)[C@H]2NC(C)=O)[C@H](CO)NC(C)=O)O[C@H](CO)[C@@H](O[C@@H]2O[C@H](CO)[C@H](O)[C@H](O)[C@H]2O)[C@@H]1O. The number of carbonyl (C=O) groups excluding carboxylic acids is 3. The lowest BCUT2D eigenvalue weighted by molar-refractivity contribution is -0.354. The van der Waals surface area contributed by atoms with E-state index in [-0.39, 0.29) is 0 Å². The van der Waals surface area contributed by atoms with E-state index in [4.69, 9.17) is 37.9 Å². The summed E-state index contributed by atoms with van der Waals surface area (Å²) in [5, 5.41) is 165. The molecule has 3 amide bonds. The summed E-state index contributed by atoms with van der Waals surface area (Å²) in [4.78, 5) is 36.9. The lowest BCUT2D eigenvalue weighted by Gasteiger charge is -2.48. The van der Waals surface area contributed by atoms with Gasteiger partial charge in [0, 0.05) is 20.8 Å². The lowest BCUT2D eigenvalue weighted by atomic mass is 9.94. The minimum atomic E-state index is -2.24. The zero-order chi connectivity index (χ0) is 48.6. The van der Waals surface area contributed by atoms with E-state index in [1.165, 1.54) is 0 Å². The van der Waals surface area contributed by atoms with Crippen molar-refractivity contribution in [1.29, 1.82) is 0 Å². The number of aliphatic hydroxyl groups excluding tert-OH is 15. The number of carbonyl (C=O) groups is 3. The van der Waals surface area contributed by atoms with Crippen molar-refractivity contribution < 1.29 is 129 Å². The maximum absolute atomic E-state index is 12.4. The van der Waals surface area contributed by atoms with Crippen molar-refractivity contribution in [3.8, 4) is 0 Å². The molecule has 0 unspecified atom stereocenters. The highest BCUT2D eigenvalue weighted by Gasteiger charge is 2.54. The zero-order valence-electron chi connectivity index (χ0n) is 35.3. The van der Waals surface area contributed by atoms with Gasteiger partial charge in [0.15, 0.2) is 25.2 Å². The summed E-state index contributed by atoms with van der Waals surface area (Å²) in [5.41, 5.74) is 0. The van der Waals surface area contributed by atoms with Crippen LogP contribution in [-0.2, 0) is 52.3 Å². The van der Waals surface area contributed by atoms with Gasteiger partial charge in [-0.2, -0.15) is 0 Å². The van der Waals surface area contributed by atoms with Crippen LogP contribution in [0.1, 0.15) is 20.8 Å². The molecule has 24 atom stereocenters. The van der Waals surface area contributed by atoms with Gasteiger partial charge >= 0.3 is 0 Å². The van der Waals surface area contributed by atoms with Crippen LogP contribution in [0.3, 0.4) is 0 Å². The molecule has 0 aliphatic carbocycles. The van der Waals surface area contributed by atoms with Crippen LogP contribution in [0.2, 0.25) is 0 Å². The maximum atomic E-state index is 12.4. The third kappa shape index (κ3) is 13.2. The molecule has 4 fully saturated rings. The minimum Gasteiger partial charge on any atom is -0.394 e. The number of nitrogens with one attached hydrogen (secondary N) is 3. The van der Waals surface area contributed by atoms with Gasteiger partial charge in [-0.25, -0.2) is 0 Å². The number of aliphatic hydroxyl groups is 15. The molecule has 4 saturated heterocycles. The first-order chi connectivity index (χ1) is 30.6. The third-order valence-corrected chi connectivity index (χ3v) is 11.2.